The number of rotatable bonds is 7. The van der Waals surface area contributed by atoms with E-state index in [2.05, 4.69) is 4.74 Å². The van der Waals surface area contributed by atoms with Gasteiger partial charge in [-0.05, 0) is 31.6 Å². The number of allylic oxidation sites excluding steroid dienone is 1. The highest BCUT2D eigenvalue weighted by Gasteiger charge is 2.34. The van der Waals surface area contributed by atoms with Crippen molar-refractivity contribution in [3.05, 3.63) is 47.0 Å². The van der Waals surface area contributed by atoms with Gasteiger partial charge in [0.25, 0.3) is 5.79 Å². The van der Waals surface area contributed by atoms with Gasteiger partial charge in [0.05, 0.1) is 11.1 Å². The third-order valence-electron chi connectivity index (χ3n) is 3.11. The van der Waals surface area contributed by atoms with E-state index in [0.29, 0.717) is 12.0 Å². The van der Waals surface area contributed by atoms with Crippen molar-refractivity contribution in [3.63, 3.8) is 0 Å². The van der Waals surface area contributed by atoms with E-state index < -0.39 is 30.1 Å². The van der Waals surface area contributed by atoms with Gasteiger partial charge in [0, 0.05) is 0 Å². The van der Waals surface area contributed by atoms with Crippen LogP contribution in [0.15, 0.2) is 35.9 Å². The van der Waals surface area contributed by atoms with Crippen molar-refractivity contribution in [2.24, 2.45) is 0 Å². The van der Waals surface area contributed by atoms with Crippen molar-refractivity contribution in [2.45, 2.75) is 26.1 Å². The fourth-order valence-corrected chi connectivity index (χ4v) is 1.60. The molecule has 0 aliphatic carbocycles. The minimum Gasteiger partial charge on any atom is -0.478 e. The number of carboxylic acids is 1. The molecule has 1 aromatic carbocycles. The molecule has 0 amide bonds. The van der Waals surface area contributed by atoms with Crippen LogP contribution in [0.25, 0.3) is 0 Å². The summed E-state index contributed by atoms with van der Waals surface area (Å²) in [5.41, 5.74) is 0.0978. The third-order valence-corrected chi connectivity index (χ3v) is 3.11. The van der Waals surface area contributed by atoms with Gasteiger partial charge in [0.15, 0.2) is 6.61 Å². The molecule has 1 rings (SSSR count). The van der Waals surface area contributed by atoms with Gasteiger partial charge in [0.1, 0.15) is 0 Å². The van der Waals surface area contributed by atoms with Gasteiger partial charge in [-0.1, -0.05) is 24.6 Å². The number of carbonyl (C=O) groups is 3. The lowest BCUT2D eigenvalue weighted by Crippen LogP contribution is -2.43. The Morgan fingerprint density at radius 3 is 2.26 bits per heavy atom. The number of ketones is 1. The minimum atomic E-state index is -2.87. The molecule has 0 aromatic heterocycles. The molecule has 0 fully saturated rings. The van der Waals surface area contributed by atoms with Crippen molar-refractivity contribution >= 4 is 17.7 Å². The van der Waals surface area contributed by atoms with Crippen molar-refractivity contribution in [1.29, 1.82) is 0 Å². The van der Waals surface area contributed by atoms with Crippen LogP contribution in [0.1, 0.15) is 41.0 Å². The molecule has 3 N–H and O–H groups in total. The van der Waals surface area contributed by atoms with E-state index in [4.69, 9.17) is 5.11 Å². The van der Waals surface area contributed by atoms with Gasteiger partial charge in [0.2, 0.25) is 5.78 Å². The molecule has 0 bridgehead atoms. The number of hydrogen-bond acceptors (Lipinski definition) is 6. The predicted octanol–water partition coefficient (Wildman–Crippen LogP) is 1.15. The first-order valence-electron chi connectivity index (χ1n) is 6.84. The summed E-state index contributed by atoms with van der Waals surface area (Å²) in [5.74, 6) is -6.28. The van der Waals surface area contributed by atoms with Gasteiger partial charge >= 0.3 is 11.9 Å². The van der Waals surface area contributed by atoms with Crippen LogP contribution in [-0.4, -0.2) is 45.4 Å². The Labute approximate surface area is 132 Å². The molecule has 0 aliphatic heterocycles. The molecular weight excluding hydrogens is 304 g/mol. The normalized spacial score (nSPS) is 11.9. The fourth-order valence-electron chi connectivity index (χ4n) is 1.60. The van der Waals surface area contributed by atoms with E-state index in [1.807, 2.05) is 0 Å². The summed E-state index contributed by atoms with van der Waals surface area (Å²) in [5, 5.41) is 28.3. The molecule has 124 valence electrons. The summed E-state index contributed by atoms with van der Waals surface area (Å²) in [6.07, 6.45) is 1.60. The molecule has 0 spiro atoms. The molecular formula is C16H18O7. The summed E-state index contributed by atoms with van der Waals surface area (Å²) < 4.78 is 4.67. The number of hydrogen-bond donors (Lipinski definition) is 3. The summed E-state index contributed by atoms with van der Waals surface area (Å²) in [4.78, 5) is 34.6. The maximum atomic E-state index is 11.9. The van der Waals surface area contributed by atoms with Crippen LogP contribution in [0, 0.1) is 0 Å². The third kappa shape index (κ3) is 5.01. The zero-order chi connectivity index (χ0) is 17.6. The highest BCUT2D eigenvalue weighted by molar-refractivity contribution is 6.02. The second kappa shape index (κ2) is 7.66. The molecule has 0 unspecified atom stereocenters. The van der Waals surface area contributed by atoms with Crippen LogP contribution in [0.5, 0.6) is 0 Å². The Bertz CT molecular complexity index is 644. The molecule has 0 heterocycles. The number of ether oxygens (including phenoxy) is 1. The molecule has 0 aliphatic rings. The first-order chi connectivity index (χ1) is 10.7. The largest absolute Gasteiger partial charge is 0.478 e. The quantitative estimate of drug-likeness (QED) is 0.391. The Hall–Kier alpha value is -2.51. The van der Waals surface area contributed by atoms with Gasteiger partial charge in [-0.15, -0.1) is 0 Å². The lowest BCUT2D eigenvalue weighted by atomic mass is 10.1. The first-order valence-corrected chi connectivity index (χ1v) is 6.84. The summed E-state index contributed by atoms with van der Waals surface area (Å²) >= 11 is 0. The lowest BCUT2D eigenvalue weighted by Gasteiger charge is -2.19. The average Bonchev–Trinajstić information content (AvgIpc) is 2.52. The van der Waals surface area contributed by atoms with E-state index in [0.717, 1.165) is 6.08 Å². The summed E-state index contributed by atoms with van der Waals surface area (Å²) in [6.45, 7) is 2.42. The van der Waals surface area contributed by atoms with E-state index in [1.165, 1.54) is 24.3 Å². The standard InChI is InChI=1S/C16H18O7/c1-3-10(2)8-13(17)16(21,22)9-23-15(20)12-7-5-4-6-11(12)14(18)19/h4-8,21-22H,3,9H2,1-2H3,(H,18,19). The van der Waals surface area contributed by atoms with Gasteiger partial charge in [-0.3, -0.25) is 4.79 Å². The molecule has 0 saturated carbocycles. The Balaban J connectivity index is 2.84. The fraction of sp³-hybridized carbons (Fsp3) is 0.312. The van der Waals surface area contributed by atoms with Crippen LogP contribution < -0.4 is 0 Å². The predicted molar refractivity (Wildman–Crippen MR) is 79.9 cm³/mol. The zero-order valence-electron chi connectivity index (χ0n) is 12.8. The van der Waals surface area contributed by atoms with E-state index in [9.17, 15) is 24.6 Å². The van der Waals surface area contributed by atoms with Gasteiger partial charge in [-0.2, -0.15) is 0 Å². The minimum absolute atomic E-state index is 0.247. The lowest BCUT2D eigenvalue weighted by molar-refractivity contribution is -0.190. The number of aromatic carboxylic acids is 1. The maximum Gasteiger partial charge on any atom is 0.339 e. The maximum absolute atomic E-state index is 11.9. The summed E-state index contributed by atoms with van der Waals surface area (Å²) in [7, 11) is 0. The van der Waals surface area contributed by atoms with Gasteiger partial charge in [-0.25, -0.2) is 9.59 Å². The second-order valence-corrected chi connectivity index (χ2v) is 4.95. The summed E-state index contributed by atoms with van der Waals surface area (Å²) in [6, 6.07) is 5.31. The second-order valence-electron chi connectivity index (χ2n) is 4.95. The van der Waals surface area contributed by atoms with Crippen molar-refractivity contribution in [1.82, 2.24) is 0 Å². The monoisotopic (exact) mass is 322 g/mol. The van der Waals surface area contributed by atoms with Crippen molar-refractivity contribution in [3.8, 4) is 0 Å². The Morgan fingerprint density at radius 1 is 1.17 bits per heavy atom. The van der Waals surface area contributed by atoms with Crippen molar-refractivity contribution < 1.29 is 34.4 Å². The Morgan fingerprint density at radius 2 is 1.74 bits per heavy atom. The first kappa shape index (κ1) is 18.5. The number of aliphatic hydroxyl groups is 2. The highest BCUT2D eigenvalue weighted by Crippen LogP contribution is 2.13. The molecule has 0 radical (unpaired) electrons. The molecule has 0 atom stereocenters. The van der Waals surface area contributed by atoms with E-state index in [1.54, 1.807) is 13.8 Å². The highest BCUT2D eigenvalue weighted by atomic mass is 16.6. The van der Waals surface area contributed by atoms with Crippen LogP contribution in [0.4, 0.5) is 0 Å². The van der Waals surface area contributed by atoms with Crippen LogP contribution in [-0.2, 0) is 9.53 Å². The molecule has 7 heteroatoms. The molecule has 23 heavy (non-hydrogen) atoms. The Kier molecular flexibility index (Phi) is 6.18. The number of carbonyl (C=O) groups excluding carboxylic acids is 2. The van der Waals surface area contributed by atoms with E-state index in [-0.39, 0.29) is 11.1 Å². The molecule has 7 nitrogen and oxygen atoms in total. The molecule has 0 saturated heterocycles. The number of carboxylic acid groups (broad SMARTS) is 1. The van der Waals surface area contributed by atoms with Crippen molar-refractivity contribution in [2.75, 3.05) is 6.61 Å². The van der Waals surface area contributed by atoms with Crippen LogP contribution >= 0.6 is 0 Å². The van der Waals surface area contributed by atoms with Crippen LogP contribution in [0.3, 0.4) is 0 Å². The zero-order valence-corrected chi connectivity index (χ0v) is 12.8. The smallest absolute Gasteiger partial charge is 0.339 e. The number of benzene rings is 1. The SMILES string of the molecule is CCC(C)=CC(=O)C(O)(O)COC(=O)c1ccccc1C(=O)O. The topological polar surface area (TPSA) is 121 Å². The molecule has 1 aromatic rings. The van der Waals surface area contributed by atoms with Gasteiger partial charge < -0.3 is 20.1 Å². The van der Waals surface area contributed by atoms with Crippen LogP contribution in [0.2, 0.25) is 0 Å². The van der Waals surface area contributed by atoms with E-state index >= 15 is 0 Å². The average molecular weight is 322 g/mol. The number of esters is 1.